The molecular formula is C19H33NO. The summed E-state index contributed by atoms with van der Waals surface area (Å²) < 4.78 is 5.15. The molecule has 0 heterocycles. The molecule has 1 rings (SSSR count). The first kappa shape index (κ1) is 18.2. The van der Waals surface area contributed by atoms with Gasteiger partial charge in [0.25, 0.3) is 0 Å². The van der Waals surface area contributed by atoms with E-state index >= 15 is 0 Å². The van der Waals surface area contributed by atoms with E-state index in [1.165, 1.54) is 24.0 Å². The van der Waals surface area contributed by atoms with Gasteiger partial charge in [-0.2, -0.15) is 0 Å². The third-order valence-corrected chi connectivity index (χ3v) is 3.78. The molecule has 1 unspecified atom stereocenters. The largest absolute Gasteiger partial charge is 0.385 e. The Kier molecular flexibility index (Phi) is 7.98. The van der Waals surface area contributed by atoms with Crippen LogP contribution < -0.4 is 5.32 Å². The Balaban J connectivity index is 2.51. The van der Waals surface area contributed by atoms with Crippen LogP contribution in [0.15, 0.2) is 24.3 Å². The van der Waals surface area contributed by atoms with E-state index in [1.807, 2.05) is 0 Å². The van der Waals surface area contributed by atoms with Gasteiger partial charge in [0.15, 0.2) is 0 Å². The Morgan fingerprint density at radius 2 is 1.76 bits per heavy atom. The predicted molar refractivity (Wildman–Crippen MR) is 91.9 cm³/mol. The van der Waals surface area contributed by atoms with Crippen molar-refractivity contribution in [1.29, 1.82) is 0 Å². The second kappa shape index (κ2) is 9.22. The minimum absolute atomic E-state index is 0.193. The van der Waals surface area contributed by atoms with E-state index in [0.717, 1.165) is 26.0 Å². The molecule has 0 bridgehead atoms. The summed E-state index contributed by atoms with van der Waals surface area (Å²) >= 11 is 0. The topological polar surface area (TPSA) is 21.3 Å². The molecule has 120 valence electrons. The van der Waals surface area contributed by atoms with Crippen LogP contribution in [-0.4, -0.2) is 25.8 Å². The molecule has 1 aromatic rings. The van der Waals surface area contributed by atoms with Crippen LogP contribution in [0.2, 0.25) is 0 Å². The average Bonchev–Trinajstić information content (AvgIpc) is 2.42. The van der Waals surface area contributed by atoms with Crippen LogP contribution in [0, 0.1) is 12.8 Å². The van der Waals surface area contributed by atoms with E-state index in [9.17, 15) is 0 Å². The monoisotopic (exact) mass is 291 g/mol. The van der Waals surface area contributed by atoms with Gasteiger partial charge in [0, 0.05) is 19.3 Å². The Morgan fingerprint density at radius 3 is 2.33 bits per heavy atom. The van der Waals surface area contributed by atoms with E-state index in [4.69, 9.17) is 4.74 Å². The lowest BCUT2D eigenvalue weighted by atomic mass is 9.92. The molecule has 1 aromatic carbocycles. The number of methoxy groups -OCH3 is 1. The SMILES string of the molecule is COCCCCC(CNC(C)(C)C)Cc1ccc(C)cc1. The highest BCUT2D eigenvalue weighted by atomic mass is 16.5. The van der Waals surface area contributed by atoms with Crippen molar-refractivity contribution in [3.8, 4) is 0 Å². The number of rotatable bonds is 9. The molecule has 1 N–H and O–H groups in total. The molecule has 2 nitrogen and oxygen atoms in total. The average molecular weight is 291 g/mol. The summed E-state index contributed by atoms with van der Waals surface area (Å²) in [7, 11) is 1.78. The predicted octanol–water partition coefficient (Wildman–Crippen LogP) is 4.36. The van der Waals surface area contributed by atoms with Crippen LogP contribution in [0.25, 0.3) is 0 Å². The van der Waals surface area contributed by atoms with Crippen LogP contribution in [0.4, 0.5) is 0 Å². The van der Waals surface area contributed by atoms with Gasteiger partial charge in [-0.05, 0) is 65.0 Å². The van der Waals surface area contributed by atoms with E-state index in [0.29, 0.717) is 5.92 Å². The van der Waals surface area contributed by atoms with Crippen LogP contribution in [-0.2, 0) is 11.2 Å². The fraction of sp³-hybridized carbons (Fsp3) is 0.684. The van der Waals surface area contributed by atoms with Crippen molar-refractivity contribution in [3.05, 3.63) is 35.4 Å². The lowest BCUT2D eigenvalue weighted by Crippen LogP contribution is -2.39. The maximum Gasteiger partial charge on any atom is 0.0462 e. The van der Waals surface area contributed by atoms with Gasteiger partial charge in [-0.25, -0.2) is 0 Å². The Bertz CT molecular complexity index is 378. The van der Waals surface area contributed by atoms with Crippen LogP contribution in [0.1, 0.15) is 51.2 Å². The molecule has 0 aromatic heterocycles. The number of benzene rings is 1. The molecule has 0 aliphatic rings. The molecule has 1 atom stereocenters. The summed E-state index contributed by atoms with van der Waals surface area (Å²) in [6.07, 6.45) is 4.84. The number of nitrogens with one attached hydrogen (secondary N) is 1. The van der Waals surface area contributed by atoms with E-state index < -0.39 is 0 Å². The fourth-order valence-corrected chi connectivity index (χ4v) is 2.46. The van der Waals surface area contributed by atoms with Crippen molar-refractivity contribution in [1.82, 2.24) is 5.32 Å². The summed E-state index contributed by atoms with van der Waals surface area (Å²) in [5.74, 6) is 0.698. The zero-order valence-electron chi connectivity index (χ0n) is 14.5. The Morgan fingerprint density at radius 1 is 1.10 bits per heavy atom. The minimum atomic E-state index is 0.193. The van der Waals surface area contributed by atoms with Gasteiger partial charge in [-0.15, -0.1) is 0 Å². The van der Waals surface area contributed by atoms with Crippen LogP contribution >= 0.6 is 0 Å². The first-order chi connectivity index (χ1) is 9.90. The van der Waals surface area contributed by atoms with Gasteiger partial charge in [0.05, 0.1) is 0 Å². The quantitative estimate of drug-likeness (QED) is 0.683. The first-order valence-corrected chi connectivity index (χ1v) is 8.20. The Labute approximate surface area is 131 Å². The normalized spacial score (nSPS) is 13.4. The van der Waals surface area contributed by atoms with Gasteiger partial charge in [0.1, 0.15) is 0 Å². The van der Waals surface area contributed by atoms with Crippen molar-refractivity contribution in [2.45, 2.75) is 58.9 Å². The lowest BCUT2D eigenvalue weighted by molar-refractivity contribution is 0.189. The zero-order chi connectivity index (χ0) is 15.7. The highest BCUT2D eigenvalue weighted by molar-refractivity contribution is 5.21. The molecule has 0 fully saturated rings. The van der Waals surface area contributed by atoms with Crippen LogP contribution in [0.3, 0.4) is 0 Å². The van der Waals surface area contributed by atoms with Gasteiger partial charge < -0.3 is 10.1 Å². The highest BCUT2D eigenvalue weighted by Crippen LogP contribution is 2.17. The molecule has 0 radical (unpaired) electrons. The molecule has 0 amide bonds. The molecule has 0 aliphatic heterocycles. The van der Waals surface area contributed by atoms with E-state index in [2.05, 4.69) is 57.3 Å². The second-order valence-corrected chi connectivity index (χ2v) is 7.18. The van der Waals surface area contributed by atoms with Crippen molar-refractivity contribution in [3.63, 3.8) is 0 Å². The lowest BCUT2D eigenvalue weighted by Gasteiger charge is -2.25. The molecule has 0 saturated heterocycles. The fourth-order valence-electron chi connectivity index (χ4n) is 2.46. The summed E-state index contributed by atoms with van der Waals surface area (Å²) in [6.45, 7) is 10.8. The minimum Gasteiger partial charge on any atom is -0.385 e. The standard InChI is InChI=1S/C19H33NO/c1-16-9-11-17(12-10-16)14-18(8-6-7-13-21-5)15-20-19(2,3)4/h9-12,18,20H,6-8,13-15H2,1-5H3. The van der Waals surface area contributed by atoms with E-state index in [-0.39, 0.29) is 5.54 Å². The summed E-state index contributed by atoms with van der Waals surface area (Å²) in [5, 5.41) is 3.66. The number of unbranched alkanes of at least 4 members (excludes halogenated alkanes) is 1. The van der Waals surface area contributed by atoms with Gasteiger partial charge in [-0.3, -0.25) is 0 Å². The van der Waals surface area contributed by atoms with E-state index in [1.54, 1.807) is 7.11 Å². The van der Waals surface area contributed by atoms with Gasteiger partial charge in [0.2, 0.25) is 0 Å². The highest BCUT2D eigenvalue weighted by Gasteiger charge is 2.14. The zero-order valence-corrected chi connectivity index (χ0v) is 14.5. The summed E-state index contributed by atoms with van der Waals surface area (Å²) in [4.78, 5) is 0. The van der Waals surface area contributed by atoms with Crippen molar-refractivity contribution < 1.29 is 4.74 Å². The van der Waals surface area contributed by atoms with Crippen molar-refractivity contribution in [2.75, 3.05) is 20.3 Å². The number of hydrogen-bond acceptors (Lipinski definition) is 2. The molecule has 0 saturated carbocycles. The third-order valence-electron chi connectivity index (χ3n) is 3.78. The molecule has 0 spiro atoms. The smallest absolute Gasteiger partial charge is 0.0462 e. The molecular weight excluding hydrogens is 258 g/mol. The Hall–Kier alpha value is -0.860. The summed E-state index contributed by atoms with van der Waals surface area (Å²) in [5.41, 5.74) is 2.98. The van der Waals surface area contributed by atoms with Gasteiger partial charge >= 0.3 is 0 Å². The van der Waals surface area contributed by atoms with Crippen molar-refractivity contribution >= 4 is 0 Å². The number of aryl methyl sites for hydroxylation is 1. The van der Waals surface area contributed by atoms with Crippen molar-refractivity contribution in [2.24, 2.45) is 5.92 Å². The summed E-state index contributed by atoms with van der Waals surface area (Å²) in [6, 6.07) is 8.98. The number of ether oxygens (including phenoxy) is 1. The maximum absolute atomic E-state index is 5.15. The molecule has 0 aliphatic carbocycles. The van der Waals surface area contributed by atoms with Crippen LogP contribution in [0.5, 0.6) is 0 Å². The maximum atomic E-state index is 5.15. The second-order valence-electron chi connectivity index (χ2n) is 7.18. The molecule has 2 heteroatoms. The molecule has 21 heavy (non-hydrogen) atoms. The first-order valence-electron chi connectivity index (χ1n) is 8.20. The third kappa shape index (κ3) is 8.90. The van der Waals surface area contributed by atoms with Gasteiger partial charge in [-0.1, -0.05) is 36.2 Å². The number of hydrogen-bond donors (Lipinski definition) is 1.